The number of carboxylic acids is 1. The highest BCUT2D eigenvalue weighted by Crippen LogP contribution is 2.33. The van der Waals surface area contributed by atoms with Crippen LogP contribution in [0.4, 0.5) is 5.82 Å². The van der Waals surface area contributed by atoms with E-state index in [-0.39, 0.29) is 45.3 Å². The van der Waals surface area contributed by atoms with Gasteiger partial charge < -0.3 is 10.1 Å². The summed E-state index contributed by atoms with van der Waals surface area (Å²) < 4.78 is 16.0. The number of nitrogens with one attached hydrogen (secondary N) is 1. The monoisotopic (exact) mass is 577 g/mol. The summed E-state index contributed by atoms with van der Waals surface area (Å²) in [5.74, 6) is -1.14. The second-order valence-electron chi connectivity index (χ2n) is 10.3. The van der Waals surface area contributed by atoms with E-state index in [0.717, 1.165) is 25.7 Å². The van der Waals surface area contributed by atoms with Crippen LogP contribution in [-0.4, -0.2) is 56.3 Å². The van der Waals surface area contributed by atoms with Crippen LogP contribution in [0.3, 0.4) is 0 Å². The number of hydrogen-bond acceptors (Lipinski definition) is 8. The summed E-state index contributed by atoms with van der Waals surface area (Å²) in [6.45, 7) is 2.31. The van der Waals surface area contributed by atoms with E-state index in [2.05, 4.69) is 19.9 Å². The fourth-order valence-electron chi connectivity index (χ4n) is 4.77. The average molecular weight is 578 g/mol. The number of aryl methyl sites for hydroxylation is 1. The zero-order chi connectivity index (χ0) is 28.8. The third-order valence-electron chi connectivity index (χ3n) is 7.08. The van der Waals surface area contributed by atoms with Crippen molar-refractivity contribution < 1.29 is 18.9 Å². The van der Waals surface area contributed by atoms with Gasteiger partial charge in [0, 0.05) is 37.2 Å². The van der Waals surface area contributed by atoms with Crippen LogP contribution in [0.1, 0.15) is 71.3 Å². The number of imidazole rings is 1. The number of H-pyrrole nitrogens is 1. The molecule has 0 spiro atoms. The molecule has 2 N–H and O–H groups in total. The van der Waals surface area contributed by atoms with E-state index in [1.54, 1.807) is 12.1 Å². The molecule has 212 valence electrons. The lowest BCUT2D eigenvalue weighted by Crippen LogP contribution is -2.39. The number of aromatic nitrogens is 6. The highest BCUT2D eigenvalue weighted by Gasteiger charge is 2.35. The van der Waals surface area contributed by atoms with Gasteiger partial charge in [-0.3, -0.25) is 32.8 Å². The summed E-state index contributed by atoms with van der Waals surface area (Å²) in [6, 6.07) is 4.49. The largest absolute Gasteiger partial charge is 0.478 e. The van der Waals surface area contributed by atoms with Gasteiger partial charge in [-0.05, 0) is 49.8 Å². The van der Waals surface area contributed by atoms with E-state index in [4.69, 9.17) is 0 Å². The molecule has 1 atom stereocenters. The zero-order valence-corrected chi connectivity index (χ0v) is 23.0. The van der Waals surface area contributed by atoms with Crippen LogP contribution in [0.2, 0.25) is 0 Å². The number of fused-ring (bicyclic) bond motifs is 1. The summed E-state index contributed by atoms with van der Waals surface area (Å²) in [4.78, 5) is 67.8. The Bertz CT molecular complexity index is 1820. The summed E-state index contributed by atoms with van der Waals surface area (Å²) in [5, 5.41) is 9.35. The molecule has 4 aromatic rings. The molecule has 4 aromatic heterocycles. The molecule has 6 rings (SSSR count). The molecule has 1 unspecified atom stereocenters. The Labute approximate surface area is 235 Å². The average Bonchev–Trinajstić information content (AvgIpc) is 3.91. The summed E-state index contributed by atoms with van der Waals surface area (Å²) >= 11 is 0. The van der Waals surface area contributed by atoms with E-state index < -0.39 is 33.9 Å². The molecule has 0 saturated heterocycles. The lowest BCUT2D eigenvalue weighted by atomic mass is 10.2. The first-order valence-electron chi connectivity index (χ1n) is 13.4. The normalized spacial score (nSPS) is 15.6. The van der Waals surface area contributed by atoms with Crippen LogP contribution in [0.5, 0.6) is 0 Å². The van der Waals surface area contributed by atoms with Gasteiger partial charge in [0.2, 0.25) is 0 Å². The predicted octanol–water partition coefficient (Wildman–Crippen LogP) is 2.24. The summed E-state index contributed by atoms with van der Waals surface area (Å²) in [6.07, 6.45) is 7.85. The molecule has 41 heavy (non-hydrogen) atoms. The van der Waals surface area contributed by atoms with Crippen LogP contribution in [-0.2, 0) is 23.1 Å². The third-order valence-corrected chi connectivity index (χ3v) is 8.30. The number of amides is 1. The Morgan fingerprint density at radius 2 is 1.88 bits per heavy atom. The first-order valence-corrected chi connectivity index (χ1v) is 14.7. The van der Waals surface area contributed by atoms with Gasteiger partial charge in [-0.25, -0.2) is 19.6 Å². The lowest BCUT2D eigenvalue weighted by molar-refractivity contribution is 0.0696. The van der Waals surface area contributed by atoms with Crippen LogP contribution < -0.4 is 16.1 Å². The molecule has 0 aromatic carbocycles. The van der Waals surface area contributed by atoms with Crippen LogP contribution in [0, 0.1) is 0 Å². The summed E-state index contributed by atoms with van der Waals surface area (Å²) in [7, 11) is -1.67. The topological polar surface area (TPSA) is 173 Å². The number of nitrogens with zero attached hydrogens (tertiary/aromatic N) is 6. The van der Waals surface area contributed by atoms with Crippen molar-refractivity contribution >= 4 is 39.7 Å². The Morgan fingerprint density at radius 1 is 1.12 bits per heavy atom. The zero-order valence-electron chi connectivity index (χ0n) is 22.1. The third kappa shape index (κ3) is 5.10. The number of anilines is 1. The Morgan fingerprint density at radius 3 is 2.51 bits per heavy atom. The number of aromatic carboxylic acids is 1. The van der Waals surface area contributed by atoms with Crippen molar-refractivity contribution in [1.29, 1.82) is 0 Å². The Hall–Kier alpha value is -4.46. The Kier molecular flexibility index (Phi) is 6.85. The number of hydrogen-bond donors (Lipinski definition) is 2. The Balaban J connectivity index is 1.25. The maximum absolute atomic E-state index is 13.3. The molecule has 1 amide bonds. The molecule has 0 radical (unpaired) electrons. The van der Waals surface area contributed by atoms with Crippen molar-refractivity contribution in [3.05, 3.63) is 74.3 Å². The molecule has 14 heteroatoms. The maximum atomic E-state index is 13.3. The van der Waals surface area contributed by atoms with Gasteiger partial charge in [0.1, 0.15) is 5.82 Å². The number of pyridine rings is 2. The SMILES string of the molecule is CCCn1c(=O)n(C2CC2)c(=O)c2[nH]c(S(=O)Cc3ccc(N(C(=O)c4cncc(C(=O)O)c4)C4CC4)nc3)nc21. The van der Waals surface area contributed by atoms with E-state index in [1.165, 1.54) is 38.7 Å². The van der Waals surface area contributed by atoms with Crippen molar-refractivity contribution in [1.82, 2.24) is 29.1 Å². The molecular weight excluding hydrogens is 550 g/mol. The maximum Gasteiger partial charge on any atom is 0.337 e. The predicted molar refractivity (Wildman–Crippen MR) is 149 cm³/mol. The minimum atomic E-state index is -1.67. The van der Waals surface area contributed by atoms with Crippen LogP contribution >= 0.6 is 0 Å². The number of carboxylic acid groups (broad SMARTS) is 1. The fraction of sp³-hybridized carbons (Fsp3) is 0.370. The van der Waals surface area contributed by atoms with Crippen LogP contribution in [0.25, 0.3) is 11.2 Å². The van der Waals surface area contributed by atoms with E-state index in [0.29, 0.717) is 24.3 Å². The molecule has 2 aliphatic rings. The highest BCUT2D eigenvalue weighted by atomic mass is 32.2. The molecule has 0 bridgehead atoms. The van der Waals surface area contributed by atoms with Gasteiger partial charge >= 0.3 is 11.7 Å². The number of rotatable bonds is 10. The highest BCUT2D eigenvalue weighted by molar-refractivity contribution is 7.84. The molecule has 0 aliphatic heterocycles. The molecule has 2 aliphatic carbocycles. The van der Waals surface area contributed by atoms with E-state index >= 15 is 0 Å². The van der Waals surface area contributed by atoms with Crippen LogP contribution in [0.15, 0.2) is 51.5 Å². The van der Waals surface area contributed by atoms with E-state index in [1.807, 2.05) is 6.92 Å². The first kappa shape index (κ1) is 26.7. The fourth-order valence-corrected chi connectivity index (χ4v) is 5.78. The number of carbonyl (C=O) groups excluding carboxylic acids is 1. The van der Waals surface area contributed by atoms with Gasteiger partial charge in [-0.2, -0.15) is 0 Å². The standard InChI is InChI=1S/C27H27N7O6S/c1-2-9-32-22-21(24(36)34(27(32)39)19-6-7-19)30-26(31-22)41(40)14-15-3-8-20(29-11-15)33(18-4-5-18)23(35)16-10-17(25(37)38)13-28-12-16/h3,8,10-13,18-19H,2,4-7,9,14H2,1H3,(H,30,31)(H,37,38). The molecule has 2 saturated carbocycles. The second-order valence-corrected chi connectivity index (χ2v) is 11.6. The smallest absolute Gasteiger partial charge is 0.337 e. The van der Waals surface area contributed by atoms with Gasteiger partial charge in [0.15, 0.2) is 16.3 Å². The van der Waals surface area contributed by atoms with Gasteiger partial charge in [-0.15, -0.1) is 0 Å². The molecule has 4 heterocycles. The summed E-state index contributed by atoms with van der Waals surface area (Å²) in [5.41, 5.74) is 0.215. The lowest BCUT2D eigenvalue weighted by Gasteiger charge is -2.21. The second kappa shape index (κ2) is 10.5. The van der Waals surface area contributed by atoms with Crippen molar-refractivity contribution in [3.63, 3.8) is 0 Å². The van der Waals surface area contributed by atoms with Crippen molar-refractivity contribution in [2.45, 2.75) is 68.6 Å². The molecule has 13 nitrogen and oxygen atoms in total. The molecular formula is C27H27N7O6S. The minimum absolute atomic E-state index is 0.0455. The first-order chi connectivity index (χ1) is 19.8. The van der Waals surface area contributed by atoms with Gasteiger partial charge in [0.25, 0.3) is 11.5 Å². The van der Waals surface area contributed by atoms with Gasteiger partial charge in [0.05, 0.1) is 27.7 Å². The van der Waals surface area contributed by atoms with E-state index in [9.17, 15) is 28.5 Å². The quantitative estimate of drug-likeness (QED) is 0.286. The van der Waals surface area contributed by atoms with Crippen molar-refractivity contribution in [2.24, 2.45) is 0 Å². The minimum Gasteiger partial charge on any atom is -0.478 e. The van der Waals surface area contributed by atoms with Gasteiger partial charge in [-0.1, -0.05) is 13.0 Å². The number of carbonyl (C=O) groups is 2. The van der Waals surface area contributed by atoms with Crippen molar-refractivity contribution in [3.8, 4) is 0 Å². The molecule has 2 fully saturated rings. The van der Waals surface area contributed by atoms with Crippen molar-refractivity contribution in [2.75, 3.05) is 4.90 Å². The number of aromatic amines is 1.